The molecule has 0 aliphatic carbocycles. The Morgan fingerprint density at radius 2 is 1.39 bits per heavy atom. The summed E-state index contributed by atoms with van der Waals surface area (Å²) in [5, 5.41) is 47.3. The lowest BCUT2D eigenvalue weighted by Crippen LogP contribution is -2.60. The van der Waals surface area contributed by atoms with E-state index in [-0.39, 0.29) is 64.1 Å². The number of hydrogen-bond donors (Lipinski definition) is 17. The smallest absolute Gasteiger partial charge is 0.352 e. The zero-order valence-electron chi connectivity index (χ0n) is 40.2. The lowest BCUT2D eigenvalue weighted by Gasteiger charge is -2.30. The first-order valence-corrected chi connectivity index (χ1v) is 24.8. The zero-order chi connectivity index (χ0) is 52.8. The van der Waals surface area contributed by atoms with E-state index >= 15 is 0 Å². The quantitative estimate of drug-likeness (QED) is 0.0122. The van der Waals surface area contributed by atoms with Crippen molar-refractivity contribution in [2.75, 3.05) is 57.8 Å². The molecule has 0 aromatic rings. The number of guanidine groups is 1. The number of aliphatic carboxylic acids is 1. The molecule has 0 aromatic heterocycles. The topological polar surface area (TPSA) is 474 Å². The highest BCUT2D eigenvalue weighted by Crippen LogP contribution is 2.20. The standard InChI is InChI=1S/C42H78N16O11S/c1-24(52-39(66)33(31(59)22-46)57-35(62)25(47)10-3-5-16-43)34(61)51-23-32(60)53-28(12-7-18-45)40(67)58-20-9-14-30(58)38(65)55-27(15-21-70-2)37(64)54-26(11-4-6-17-44)36(63)56-29(41(68)69)13-8-19-50-42(48)49/h13,24-28,30-31,33,59H,3-12,14-23,43-47H2,1-2H3,(H,51,61)(H,52,66)(H,53,60)(H,54,64)(H,55,65)(H,56,63)(H,57,62)(H,68,69)(H4,48,49,50)/b29-13-/t24?,25?,26-,27-,28+,30-,31-,33-/m0/s1. The van der Waals surface area contributed by atoms with Gasteiger partial charge in [-0.05, 0) is 109 Å². The fourth-order valence-corrected chi connectivity index (χ4v) is 7.50. The van der Waals surface area contributed by atoms with Gasteiger partial charge in [0.2, 0.25) is 47.3 Å². The number of nitrogens with two attached hydrogens (primary N) is 6. The maximum atomic E-state index is 14.1. The molecule has 1 rings (SSSR count). The minimum absolute atomic E-state index is 0.0695. The largest absolute Gasteiger partial charge is 0.477 e. The molecule has 1 heterocycles. The van der Waals surface area contributed by atoms with E-state index in [0.29, 0.717) is 57.4 Å². The Kier molecular flexibility index (Phi) is 30.8. The predicted molar refractivity (Wildman–Crippen MR) is 262 cm³/mol. The molecule has 0 radical (unpaired) electrons. The summed E-state index contributed by atoms with van der Waals surface area (Å²) >= 11 is 1.39. The van der Waals surface area contributed by atoms with Gasteiger partial charge in [-0.2, -0.15) is 11.8 Å². The molecule has 0 spiro atoms. The van der Waals surface area contributed by atoms with E-state index in [2.05, 4.69) is 42.5 Å². The number of nitrogens with one attached hydrogen (secondary N) is 9. The number of nitrogens with zero attached hydrogens (tertiary/aromatic N) is 1. The molecule has 0 aromatic carbocycles. The Hall–Kier alpha value is -5.65. The highest BCUT2D eigenvalue weighted by Gasteiger charge is 2.39. The van der Waals surface area contributed by atoms with E-state index < -0.39 is 120 Å². The minimum atomic E-state index is -1.55. The van der Waals surface area contributed by atoms with Gasteiger partial charge in [-0.15, -0.1) is 0 Å². The Morgan fingerprint density at radius 1 is 0.757 bits per heavy atom. The molecule has 398 valence electrons. The number of hydrogen-bond acceptors (Lipinski definition) is 17. The van der Waals surface area contributed by atoms with Crippen molar-refractivity contribution in [2.45, 2.75) is 132 Å². The van der Waals surface area contributed by atoms with E-state index in [1.165, 1.54) is 29.7 Å². The van der Waals surface area contributed by atoms with Gasteiger partial charge < -0.3 is 92.0 Å². The maximum Gasteiger partial charge on any atom is 0.352 e. The van der Waals surface area contributed by atoms with Crippen LogP contribution < -0.4 is 76.9 Å². The lowest BCUT2D eigenvalue weighted by atomic mass is 10.1. The summed E-state index contributed by atoms with van der Waals surface area (Å²) in [7, 11) is 0. The van der Waals surface area contributed by atoms with Crippen molar-refractivity contribution in [3.8, 4) is 0 Å². The molecular formula is C42H78N16O11S. The fraction of sp³-hybridized carbons (Fsp3) is 0.714. The highest BCUT2D eigenvalue weighted by molar-refractivity contribution is 7.98. The summed E-state index contributed by atoms with van der Waals surface area (Å²) in [6, 6.07) is -8.46. The van der Waals surface area contributed by atoms with Crippen molar-refractivity contribution in [2.24, 2.45) is 34.4 Å². The van der Waals surface area contributed by atoms with Crippen LogP contribution in [0.25, 0.3) is 0 Å². The molecule has 28 heteroatoms. The van der Waals surface area contributed by atoms with Gasteiger partial charge in [0, 0.05) is 19.6 Å². The third-order valence-corrected chi connectivity index (χ3v) is 11.6. The van der Waals surface area contributed by atoms with Crippen molar-refractivity contribution in [1.29, 1.82) is 5.41 Å². The van der Waals surface area contributed by atoms with Crippen LogP contribution in [0.2, 0.25) is 0 Å². The van der Waals surface area contributed by atoms with Gasteiger partial charge in [0.1, 0.15) is 41.9 Å². The summed E-state index contributed by atoms with van der Waals surface area (Å²) in [6.45, 7) is 1.36. The molecule has 0 saturated carbocycles. The normalized spacial score (nSPS) is 16.5. The third kappa shape index (κ3) is 23.3. The van der Waals surface area contributed by atoms with Crippen LogP contribution in [0.15, 0.2) is 11.8 Å². The molecular weight excluding hydrogens is 937 g/mol. The minimum Gasteiger partial charge on any atom is -0.477 e. The average molecular weight is 1020 g/mol. The van der Waals surface area contributed by atoms with Crippen molar-refractivity contribution >= 4 is 70.9 Å². The number of carbonyl (C=O) groups is 9. The Balaban J connectivity index is 3.10. The van der Waals surface area contributed by atoms with Crippen molar-refractivity contribution < 1.29 is 53.4 Å². The number of carboxylic acids is 1. The van der Waals surface area contributed by atoms with Crippen molar-refractivity contribution in [3.63, 3.8) is 0 Å². The molecule has 1 fully saturated rings. The molecule has 8 atom stereocenters. The van der Waals surface area contributed by atoms with Crippen LogP contribution in [0, 0.1) is 5.41 Å². The Morgan fingerprint density at radius 3 is 1.99 bits per heavy atom. The van der Waals surface area contributed by atoms with Crippen LogP contribution >= 0.6 is 11.8 Å². The summed E-state index contributed by atoms with van der Waals surface area (Å²) in [6.07, 6.45) is 5.14. The van der Waals surface area contributed by atoms with Crippen molar-refractivity contribution in [1.82, 2.24) is 47.4 Å². The van der Waals surface area contributed by atoms with Gasteiger partial charge in [-0.1, -0.05) is 12.5 Å². The van der Waals surface area contributed by atoms with E-state index in [1.54, 1.807) is 6.26 Å². The molecule has 23 N–H and O–H groups in total. The number of rotatable bonds is 35. The number of unbranched alkanes of at least 4 members (excludes halogenated alkanes) is 2. The summed E-state index contributed by atoms with van der Waals surface area (Å²) in [5.41, 5.74) is 33.2. The number of amides is 8. The third-order valence-electron chi connectivity index (χ3n) is 11.0. The fourth-order valence-electron chi connectivity index (χ4n) is 7.03. The Bertz CT molecular complexity index is 1780. The van der Waals surface area contributed by atoms with Gasteiger partial charge in [-0.25, -0.2) is 4.79 Å². The van der Waals surface area contributed by atoms with E-state index in [1.807, 2.05) is 0 Å². The monoisotopic (exact) mass is 1010 g/mol. The van der Waals surface area contributed by atoms with Gasteiger partial charge in [0.05, 0.1) is 18.7 Å². The number of carboxylic acid groups (broad SMARTS) is 1. The van der Waals surface area contributed by atoms with Gasteiger partial charge in [0.15, 0.2) is 5.96 Å². The van der Waals surface area contributed by atoms with Crippen LogP contribution in [-0.2, 0) is 43.2 Å². The van der Waals surface area contributed by atoms with Crippen LogP contribution in [0.1, 0.15) is 84.0 Å². The van der Waals surface area contributed by atoms with Gasteiger partial charge >= 0.3 is 5.97 Å². The average Bonchev–Trinajstić information content (AvgIpc) is 3.82. The number of likely N-dealkylation sites (tertiary alicyclic amines) is 1. The van der Waals surface area contributed by atoms with Crippen LogP contribution in [-0.4, -0.2) is 181 Å². The number of thioether (sulfide) groups is 1. The summed E-state index contributed by atoms with van der Waals surface area (Å²) in [5.74, 6) is -7.45. The maximum absolute atomic E-state index is 14.1. The summed E-state index contributed by atoms with van der Waals surface area (Å²) < 4.78 is 0. The molecule has 2 unspecified atom stereocenters. The molecule has 1 aliphatic rings. The number of aliphatic hydroxyl groups excluding tert-OH is 1. The molecule has 1 aliphatic heterocycles. The first kappa shape index (κ1) is 62.4. The number of aliphatic hydroxyl groups is 1. The summed E-state index contributed by atoms with van der Waals surface area (Å²) in [4.78, 5) is 120. The van der Waals surface area contributed by atoms with Crippen LogP contribution in [0.4, 0.5) is 0 Å². The van der Waals surface area contributed by atoms with Crippen molar-refractivity contribution in [3.05, 3.63) is 11.8 Å². The molecule has 1 saturated heterocycles. The second-order valence-corrected chi connectivity index (χ2v) is 17.6. The highest BCUT2D eigenvalue weighted by atomic mass is 32.2. The SMILES string of the molecule is CSCC[C@H](NC(=O)[C@@H]1CCCN1C(=O)[C@@H](CCCN)NC(=O)CNC(=O)C(C)NC(=O)[C@@H](NC(=O)C(N)CCCCN)[C@@H](O)CN)C(=O)N[C@@H](CCCCN)C(=O)N/C(=C\CCNC(=N)N)C(=O)O. The molecule has 70 heavy (non-hydrogen) atoms. The predicted octanol–water partition coefficient (Wildman–Crippen LogP) is -6.11. The van der Waals surface area contributed by atoms with Crippen LogP contribution in [0.3, 0.4) is 0 Å². The molecule has 27 nitrogen and oxygen atoms in total. The Labute approximate surface area is 412 Å². The second kappa shape index (κ2) is 34.6. The lowest BCUT2D eigenvalue weighted by molar-refractivity contribution is -0.142. The zero-order valence-corrected chi connectivity index (χ0v) is 41.0. The molecule has 8 amide bonds. The van der Waals surface area contributed by atoms with Crippen LogP contribution in [0.5, 0.6) is 0 Å². The van der Waals surface area contributed by atoms with Gasteiger partial charge in [0.25, 0.3) is 0 Å². The van der Waals surface area contributed by atoms with E-state index in [0.717, 1.165) is 0 Å². The first-order chi connectivity index (χ1) is 33.3. The number of carbonyl (C=O) groups excluding carboxylic acids is 8. The first-order valence-electron chi connectivity index (χ1n) is 23.4. The second-order valence-electron chi connectivity index (χ2n) is 16.6. The molecule has 0 bridgehead atoms. The van der Waals surface area contributed by atoms with E-state index in [4.69, 9.17) is 39.8 Å². The van der Waals surface area contributed by atoms with E-state index in [9.17, 15) is 53.4 Å². The van der Waals surface area contributed by atoms with Gasteiger partial charge in [-0.3, -0.25) is 43.8 Å².